The molecule has 1 aromatic rings. The highest BCUT2D eigenvalue weighted by atomic mass is 32.2. The lowest BCUT2D eigenvalue weighted by molar-refractivity contribution is 0.0791. The molecular formula is C15H19NO3S. The van der Waals surface area contributed by atoms with Gasteiger partial charge < -0.3 is 4.90 Å². The Labute approximate surface area is 120 Å². The summed E-state index contributed by atoms with van der Waals surface area (Å²) in [6.07, 6.45) is 4.49. The monoisotopic (exact) mass is 293 g/mol. The van der Waals surface area contributed by atoms with Gasteiger partial charge in [-0.05, 0) is 17.7 Å². The molecule has 0 spiro atoms. The smallest absolute Gasteiger partial charge is 0.254 e. The van der Waals surface area contributed by atoms with Crippen LogP contribution in [0.3, 0.4) is 0 Å². The molecule has 108 valence electrons. The second-order valence-electron chi connectivity index (χ2n) is 4.55. The third-order valence-corrected chi connectivity index (χ3v) is 3.47. The zero-order chi connectivity index (χ0) is 15.2. The van der Waals surface area contributed by atoms with E-state index in [0.717, 1.165) is 0 Å². The second kappa shape index (κ2) is 7.05. The Balaban J connectivity index is 2.88. The number of hydrogen-bond donors (Lipinski definition) is 0. The normalized spacial score (nSPS) is 10.8. The molecule has 0 aromatic heterocycles. The van der Waals surface area contributed by atoms with E-state index in [1.54, 1.807) is 41.3 Å². The number of nitrogens with zero attached hydrogens (tertiary/aromatic N) is 1. The molecule has 0 heterocycles. The van der Waals surface area contributed by atoms with Gasteiger partial charge in [-0.2, -0.15) is 0 Å². The number of carbonyl (C=O) groups is 1. The number of amides is 1. The summed E-state index contributed by atoms with van der Waals surface area (Å²) in [5.41, 5.74) is 1.19. The van der Waals surface area contributed by atoms with Gasteiger partial charge in [-0.1, -0.05) is 24.3 Å². The summed E-state index contributed by atoms with van der Waals surface area (Å²) in [4.78, 5) is 13.8. The first-order chi connectivity index (χ1) is 9.37. The van der Waals surface area contributed by atoms with Crippen molar-refractivity contribution in [3.63, 3.8) is 0 Å². The second-order valence-corrected chi connectivity index (χ2v) is 6.69. The van der Waals surface area contributed by atoms with Crippen LogP contribution in [0.5, 0.6) is 0 Å². The molecule has 0 N–H and O–H groups in total. The van der Waals surface area contributed by atoms with Crippen LogP contribution >= 0.6 is 0 Å². The van der Waals surface area contributed by atoms with E-state index in [-0.39, 0.29) is 11.7 Å². The number of sulfone groups is 1. The summed E-state index contributed by atoms with van der Waals surface area (Å²) >= 11 is 0. The predicted molar refractivity (Wildman–Crippen MR) is 81.3 cm³/mol. The van der Waals surface area contributed by atoms with Crippen LogP contribution < -0.4 is 0 Å². The highest BCUT2D eigenvalue weighted by Crippen LogP contribution is 2.10. The molecule has 1 aromatic carbocycles. The SMILES string of the molecule is C=CCN(CC=C)C(=O)c1ccc(CS(C)(=O)=O)cc1. The highest BCUT2D eigenvalue weighted by molar-refractivity contribution is 7.89. The molecule has 0 saturated heterocycles. The molecule has 0 aliphatic rings. The minimum Gasteiger partial charge on any atom is -0.331 e. The minimum absolute atomic E-state index is 0.0233. The summed E-state index contributed by atoms with van der Waals surface area (Å²) in [7, 11) is -3.07. The molecule has 0 saturated carbocycles. The molecule has 5 heteroatoms. The zero-order valence-corrected chi connectivity index (χ0v) is 12.4. The molecule has 0 unspecified atom stereocenters. The topological polar surface area (TPSA) is 54.5 Å². The van der Waals surface area contributed by atoms with Crippen molar-refractivity contribution in [2.45, 2.75) is 5.75 Å². The van der Waals surface area contributed by atoms with Gasteiger partial charge in [-0.15, -0.1) is 13.2 Å². The van der Waals surface area contributed by atoms with Crippen molar-refractivity contribution >= 4 is 15.7 Å². The summed E-state index contributed by atoms with van der Waals surface area (Å²) in [5, 5.41) is 0. The molecule has 0 fully saturated rings. The first-order valence-electron chi connectivity index (χ1n) is 6.15. The van der Waals surface area contributed by atoms with E-state index in [1.807, 2.05) is 0 Å². The van der Waals surface area contributed by atoms with Crippen molar-refractivity contribution in [3.8, 4) is 0 Å². The van der Waals surface area contributed by atoms with E-state index in [4.69, 9.17) is 0 Å². The van der Waals surface area contributed by atoms with Crippen LogP contribution in [-0.2, 0) is 15.6 Å². The van der Waals surface area contributed by atoms with Crippen molar-refractivity contribution in [2.75, 3.05) is 19.3 Å². The van der Waals surface area contributed by atoms with Crippen molar-refractivity contribution in [3.05, 3.63) is 60.7 Å². The Morgan fingerprint density at radius 2 is 1.65 bits per heavy atom. The standard InChI is InChI=1S/C15H19NO3S/c1-4-10-16(11-5-2)15(17)14-8-6-13(7-9-14)12-20(3,18)19/h4-9H,1-2,10-12H2,3H3. The molecule has 0 aliphatic heterocycles. The Morgan fingerprint density at radius 3 is 2.05 bits per heavy atom. The maximum absolute atomic E-state index is 12.2. The lowest BCUT2D eigenvalue weighted by Crippen LogP contribution is -2.31. The van der Waals surface area contributed by atoms with Gasteiger partial charge in [0, 0.05) is 24.9 Å². The van der Waals surface area contributed by atoms with Crippen LogP contribution in [0, 0.1) is 0 Å². The molecule has 0 aliphatic carbocycles. The Bertz CT molecular complexity index is 578. The summed E-state index contributed by atoms with van der Waals surface area (Å²) < 4.78 is 22.4. The van der Waals surface area contributed by atoms with Crippen molar-refractivity contribution in [1.29, 1.82) is 0 Å². The molecule has 4 nitrogen and oxygen atoms in total. The summed E-state index contributed by atoms with van der Waals surface area (Å²) in [6.45, 7) is 8.12. The van der Waals surface area contributed by atoms with Gasteiger partial charge in [0.25, 0.3) is 5.91 Å². The fourth-order valence-electron chi connectivity index (χ4n) is 1.78. The number of rotatable bonds is 7. The van der Waals surface area contributed by atoms with Gasteiger partial charge in [-0.3, -0.25) is 4.79 Å². The molecule has 1 amide bonds. The van der Waals surface area contributed by atoms with Gasteiger partial charge in [0.05, 0.1) is 5.75 Å². The van der Waals surface area contributed by atoms with Crippen molar-refractivity contribution in [1.82, 2.24) is 4.90 Å². The Morgan fingerprint density at radius 1 is 1.15 bits per heavy atom. The van der Waals surface area contributed by atoms with Crippen LogP contribution in [0.15, 0.2) is 49.6 Å². The van der Waals surface area contributed by atoms with Crippen LogP contribution in [0.4, 0.5) is 0 Å². The molecular weight excluding hydrogens is 274 g/mol. The molecule has 0 radical (unpaired) electrons. The minimum atomic E-state index is -3.07. The van der Waals surface area contributed by atoms with Gasteiger partial charge >= 0.3 is 0 Å². The maximum atomic E-state index is 12.2. The number of benzene rings is 1. The molecule has 0 atom stereocenters. The molecule has 0 bridgehead atoms. The third kappa shape index (κ3) is 5.01. The number of carbonyl (C=O) groups excluding carboxylic acids is 1. The molecule has 20 heavy (non-hydrogen) atoms. The van der Waals surface area contributed by atoms with E-state index in [1.165, 1.54) is 6.26 Å². The predicted octanol–water partition coefficient (Wildman–Crippen LogP) is 2.05. The summed E-state index contributed by atoms with van der Waals surface area (Å²) in [5.74, 6) is -0.152. The number of hydrogen-bond acceptors (Lipinski definition) is 3. The average molecular weight is 293 g/mol. The van der Waals surface area contributed by atoms with Crippen LogP contribution in [-0.4, -0.2) is 38.6 Å². The fraction of sp³-hybridized carbons (Fsp3) is 0.267. The van der Waals surface area contributed by atoms with E-state index < -0.39 is 9.84 Å². The lowest BCUT2D eigenvalue weighted by atomic mass is 10.1. The Kier molecular flexibility index (Phi) is 5.70. The largest absolute Gasteiger partial charge is 0.331 e. The van der Waals surface area contributed by atoms with Gasteiger partial charge in [0.1, 0.15) is 0 Å². The lowest BCUT2D eigenvalue weighted by Gasteiger charge is -2.19. The van der Waals surface area contributed by atoms with Crippen LogP contribution in [0.1, 0.15) is 15.9 Å². The van der Waals surface area contributed by atoms with Crippen LogP contribution in [0.2, 0.25) is 0 Å². The first-order valence-corrected chi connectivity index (χ1v) is 8.21. The van der Waals surface area contributed by atoms with Gasteiger partial charge in [-0.25, -0.2) is 8.42 Å². The van der Waals surface area contributed by atoms with Gasteiger partial charge in [0.15, 0.2) is 9.84 Å². The van der Waals surface area contributed by atoms with E-state index in [9.17, 15) is 13.2 Å². The maximum Gasteiger partial charge on any atom is 0.254 e. The van der Waals surface area contributed by atoms with Crippen molar-refractivity contribution in [2.24, 2.45) is 0 Å². The van der Waals surface area contributed by atoms with E-state index in [0.29, 0.717) is 24.2 Å². The van der Waals surface area contributed by atoms with E-state index in [2.05, 4.69) is 13.2 Å². The first kappa shape index (κ1) is 16.2. The quantitative estimate of drug-likeness (QED) is 0.723. The van der Waals surface area contributed by atoms with Crippen LogP contribution in [0.25, 0.3) is 0 Å². The summed E-state index contributed by atoms with van der Waals surface area (Å²) in [6, 6.07) is 6.60. The van der Waals surface area contributed by atoms with E-state index >= 15 is 0 Å². The third-order valence-electron chi connectivity index (χ3n) is 2.62. The molecule has 1 rings (SSSR count). The van der Waals surface area contributed by atoms with Crippen molar-refractivity contribution < 1.29 is 13.2 Å². The highest BCUT2D eigenvalue weighted by Gasteiger charge is 2.13. The average Bonchev–Trinajstić information content (AvgIpc) is 2.37. The Hall–Kier alpha value is -1.88. The van der Waals surface area contributed by atoms with Gasteiger partial charge in [0.2, 0.25) is 0 Å². The fourth-order valence-corrected chi connectivity index (χ4v) is 2.58. The zero-order valence-electron chi connectivity index (χ0n) is 11.6.